The van der Waals surface area contributed by atoms with E-state index in [9.17, 15) is 4.79 Å². The van der Waals surface area contributed by atoms with Crippen LogP contribution < -0.4 is 0 Å². The molecule has 2 aliphatic rings. The van der Waals surface area contributed by atoms with Crippen LogP contribution in [0, 0.1) is 49.5 Å². The van der Waals surface area contributed by atoms with Crippen LogP contribution in [0.25, 0.3) is 60.2 Å². The summed E-state index contributed by atoms with van der Waals surface area (Å²) >= 11 is 10.2. The molecule has 7 aromatic heterocycles. The maximum Gasteiger partial charge on any atom is 0.339 e. The summed E-state index contributed by atoms with van der Waals surface area (Å²) < 4.78 is 37.6. The molecule has 9 heterocycles. The van der Waals surface area contributed by atoms with Crippen LogP contribution in [0.2, 0.25) is 0 Å². The van der Waals surface area contributed by atoms with Gasteiger partial charge in [-0.2, -0.15) is 46.9 Å². The zero-order valence-corrected chi connectivity index (χ0v) is 74.7. The van der Waals surface area contributed by atoms with E-state index in [2.05, 4.69) is 75.9 Å². The monoisotopic (exact) mass is 1680 g/mol. The number of thiophene rings is 7. The van der Waals surface area contributed by atoms with Crippen molar-refractivity contribution in [1.29, 1.82) is 0 Å². The fourth-order valence-electron chi connectivity index (χ4n) is 14.8. The molecule has 0 bridgehead atoms. The predicted octanol–water partition coefficient (Wildman–Crippen LogP) is 29.5. The number of halogens is 2. The minimum atomic E-state index is -0.515. The molecule has 6 nitrogen and oxygen atoms in total. The van der Waals surface area contributed by atoms with Gasteiger partial charge >= 0.3 is 5.97 Å². The number of carbonyl (C=O) groups excluding carboxylic acids is 3. The summed E-state index contributed by atoms with van der Waals surface area (Å²) in [6, 6.07) is 23.6. The van der Waals surface area contributed by atoms with Crippen molar-refractivity contribution in [3.05, 3.63) is 115 Å². The van der Waals surface area contributed by atoms with Gasteiger partial charge in [-0.3, -0.25) is 9.59 Å². The zero-order chi connectivity index (χ0) is 71.3. The number of nitrogens with zero attached hydrogens (tertiary/aromatic N) is 2. The molecule has 0 aromatic carbocycles. The molecule has 2 atom stereocenters. The van der Waals surface area contributed by atoms with E-state index in [1.54, 1.807) is 34.8 Å². The topological polar surface area (TPSA) is 66.9 Å². The SMILES string of the molecule is CCCCCCCCCCCCC(CCCCCCCCCC)CN1C(=O)C2=C(c3ccc(-c4cc(F)c(-c5[c-]cc(-c6cc(C(=O)OC)c(-c7cc(F)c(-c8[c-]cc(C)s8)s7)s6)s5)s4)s3)N(CC(CCCCCCCCCC)CCCCCCCCCCCC)C(=O)C2=C1c1ccc(C)s1.[Y].[Y]. The summed E-state index contributed by atoms with van der Waals surface area (Å²) in [4.78, 5) is 60.6. The van der Waals surface area contributed by atoms with Crippen LogP contribution in [-0.4, -0.2) is 47.8 Å². The maximum atomic E-state index is 16.8. The molecule has 0 saturated heterocycles. The van der Waals surface area contributed by atoms with Gasteiger partial charge in [-0.05, 0) is 102 Å². The number of unbranched alkanes of at least 4 members (excludes halogenated alkanes) is 32. The number of amides is 2. The van der Waals surface area contributed by atoms with E-state index in [1.807, 2.05) is 24.0 Å². The first-order valence-electron chi connectivity index (χ1n) is 39.5. The third-order valence-corrected chi connectivity index (χ3v) is 28.9. The molecule has 0 spiro atoms. The summed E-state index contributed by atoms with van der Waals surface area (Å²) in [5.74, 6) is -0.745. The second-order valence-corrected chi connectivity index (χ2v) is 36.7. The quantitative estimate of drug-likeness (QED) is 0.0216. The second kappa shape index (κ2) is 47.8. The van der Waals surface area contributed by atoms with Crippen LogP contribution in [0.4, 0.5) is 8.78 Å². The van der Waals surface area contributed by atoms with E-state index >= 15 is 18.4 Å². The average Bonchev–Trinajstić information content (AvgIpc) is 1.55. The Morgan fingerprint density at radius 2 is 0.757 bits per heavy atom. The summed E-state index contributed by atoms with van der Waals surface area (Å²) in [5.41, 5.74) is 3.00. The van der Waals surface area contributed by atoms with E-state index in [-0.39, 0.29) is 94.8 Å². The standard InChI is InChI=1S/C86H116F2N2O4S7.2Y/c1-8-12-16-20-24-28-30-34-38-42-45-63(44-40-36-32-26-22-18-14-10-3)59-89-79(70-50-48-61(5)95-70)77-78(85(89)92)80(90(84(77)91)60-64(46-41-37-33-27-23-19-15-11-4)47-43-39-35-31-29-25-21-17-13-9-2)71-54-52-69(97-71)75-57-66(87)83(100-75)73-55-53-68(98-73)74-56-65(86(93)94-7)81(99-74)76-58-67(88)82(101-76)72-51-49-62(6)96-72;;/h48-50,52-54,56-58,63-64H,8-47,59-60H2,1-7H3;;/q-2;;. The van der Waals surface area contributed by atoms with Crippen LogP contribution >= 0.6 is 79.4 Å². The normalized spacial score (nSPS) is 13.7. The van der Waals surface area contributed by atoms with Gasteiger partial charge in [0.1, 0.15) is 0 Å². The van der Waals surface area contributed by atoms with E-state index in [0.29, 0.717) is 60.1 Å². The van der Waals surface area contributed by atoms with E-state index < -0.39 is 5.97 Å². The first kappa shape index (κ1) is 88.1. The number of carbonyl (C=O) groups is 3. The number of fused-ring (bicyclic) bond motifs is 1. The van der Waals surface area contributed by atoms with Crippen molar-refractivity contribution in [1.82, 2.24) is 9.80 Å². The summed E-state index contributed by atoms with van der Waals surface area (Å²) in [6.07, 6.45) is 50.0. The molecule has 0 saturated carbocycles. The van der Waals surface area contributed by atoms with Crippen LogP contribution in [0.3, 0.4) is 0 Å². The number of hydrogen-bond donors (Lipinski definition) is 0. The zero-order valence-electron chi connectivity index (χ0n) is 63.3. The van der Waals surface area contributed by atoms with Crippen LogP contribution in [-0.2, 0) is 79.7 Å². The molecule has 558 valence electrons. The Morgan fingerprint density at radius 1 is 0.398 bits per heavy atom. The van der Waals surface area contributed by atoms with Gasteiger partial charge < -0.3 is 14.5 Å². The molecular formula is C86H116F2N2O4S7Y2-2. The Balaban J connectivity index is 0.00000743. The molecular weight excluding hydrogens is 1570 g/mol. The van der Waals surface area contributed by atoms with Crippen molar-refractivity contribution >= 4 is 109 Å². The van der Waals surface area contributed by atoms with E-state index in [1.165, 1.54) is 275 Å². The van der Waals surface area contributed by atoms with Crippen LogP contribution in [0.1, 0.15) is 314 Å². The molecule has 9 rings (SSSR count). The Kier molecular flexibility index (Phi) is 40.9. The van der Waals surface area contributed by atoms with Crippen molar-refractivity contribution in [3.8, 4) is 48.8 Å². The first-order valence-corrected chi connectivity index (χ1v) is 45.2. The third kappa shape index (κ3) is 26.0. The molecule has 103 heavy (non-hydrogen) atoms. The number of esters is 1. The Bertz CT molecular complexity index is 3730. The molecule has 7 aromatic rings. The van der Waals surface area contributed by atoms with Crippen molar-refractivity contribution in [2.45, 2.75) is 298 Å². The second-order valence-electron chi connectivity index (χ2n) is 28.9. The third-order valence-electron chi connectivity index (χ3n) is 20.6. The van der Waals surface area contributed by atoms with Gasteiger partial charge in [0.2, 0.25) is 0 Å². The number of ether oxygens (including phenoxy) is 1. The van der Waals surface area contributed by atoms with E-state index in [4.69, 9.17) is 4.74 Å². The smallest absolute Gasteiger partial charge is 0.339 e. The number of aryl methyl sites for hydroxylation is 2. The number of hydrogen-bond acceptors (Lipinski definition) is 11. The number of methoxy groups -OCH3 is 1. The summed E-state index contributed by atoms with van der Waals surface area (Å²) in [6.45, 7) is 14.4. The Labute approximate surface area is 697 Å². The summed E-state index contributed by atoms with van der Waals surface area (Å²) in [5, 5.41) is 0. The van der Waals surface area contributed by atoms with Gasteiger partial charge in [-0.15, -0.1) is 34.0 Å². The molecule has 2 unspecified atom stereocenters. The van der Waals surface area contributed by atoms with Gasteiger partial charge in [-0.25, -0.2) is 36.2 Å². The van der Waals surface area contributed by atoms with Gasteiger partial charge in [0.05, 0.1) is 61.5 Å². The van der Waals surface area contributed by atoms with Crippen LogP contribution in [0.5, 0.6) is 0 Å². The van der Waals surface area contributed by atoms with Gasteiger partial charge in [0, 0.05) is 98.0 Å². The fourth-order valence-corrected chi connectivity index (χ4v) is 22.3. The first-order chi connectivity index (χ1) is 49.3. The minimum absolute atomic E-state index is 0. The largest absolute Gasteiger partial charge is 0.465 e. The molecule has 0 N–H and O–H groups in total. The number of rotatable bonds is 52. The molecule has 17 heteroatoms. The molecule has 2 radical (unpaired) electrons. The molecule has 0 fully saturated rings. The fraction of sp³-hybridized carbons (Fsp3) is 0.593. The average molecular weight is 1680 g/mol. The Hall–Kier alpha value is -2.14. The van der Waals surface area contributed by atoms with Crippen molar-refractivity contribution in [2.75, 3.05) is 20.2 Å². The van der Waals surface area contributed by atoms with Crippen molar-refractivity contribution < 1.29 is 93.3 Å². The summed E-state index contributed by atoms with van der Waals surface area (Å²) in [7, 11) is 1.35. The predicted molar refractivity (Wildman–Crippen MR) is 435 cm³/mol. The molecule has 2 amide bonds. The molecule has 0 aliphatic carbocycles. The van der Waals surface area contributed by atoms with E-state index in [0.717, 1.165) is 107 Å². The molecule has 2 aliphatic heterocycles. The van der Waals surface area contributed by atoms with Crippen molar-refractivity contribution in [3.63, 3.8) is 0 Å². The van der Waals surface area contributed by atoms with Crippen molar-refractivity contribution in [2.24, 2.45) is 11.8 Å². The van der Waals surface area contributed by atoms with Crippen LogP contribution in [0.15, 0.2) is 65.7 Å². The maximum absolute atomic E-state index is 16.8. The van der Waals surface area contributed by atoms with Gasteiger partial charge in [0.25, 0.3) is 11.8 Å². The van der Waals surface area contributed by atoms with Gasteiger partial charge in [-0.1, -0.05) is 285 Å². The van der Waals surface area contributed by atoms with Gasteiger partial charge in [0.15, 0.2) is 0 Å². The minimum Gasteiger partial charge on any atom is -0.465 e. The Morgan fingerprint density at radius 3 is 1.17 bits per heavy atom.